The standard InChI is InChI=1S/C39H26N2/c1-3-14-27(15-4-1)37-31-20-7-9-22-33(31)38(34-23-10-8-21-32(34)37)28-16-13-17-29(26-28)39-40-35-24-11-12-25-36(35)41(39)30-18-5-2-6-19-30/h1-26H. The van der Waals surface area contributed by atoms with Crippen LogP contribution in [-0.2, 0) is 0 Å². The van der Waals surface area contributed by atoms with Gasteiger partial charge in [0.05, 0.1) is 11.0 Å². The van der Waals surface area contributed by atoms with E-state index in [4.69, 9.17) is 4.98 Å². The second-order valence-electron chi connectivity index (χ2n) is 10.4. The van der Waals surface area contributed by atoms with Gasteiger partial charge in [0.2, 0.25) is 0 Å². The first-order valence-corrected chi connectivity index (χ1v) is 14.0. The van der Waals surface area contributed by atoms with Crippen molar-refractivity contribution >= 4 is 32.6 Å². The lowest BCUT2D eigenvalue weighted by atomic mass is 9.86. The predicted octanol–water partition coefficient (Wildman–Crippen LogP) is 10.3. The Morgan fingerprint density at radius 2 is 0.878 bits per heavy atom. The van der Waals surface area contributed by atoms with Gasteiger partial charge in [-0.15, -0.1) is 0 Å². The van der Waals surface area contributed by atoms with Crippen LogP contribution in [0.3, 0.4) is 0 Å². The summed E-state index contributed by atoms with van der Waals surface area (Å²) in [5.41, 5.74) is 9.22. The number of imidazole rings is 1. The third kappa shape index (κ3) is 3.84. The molecule has 0 aliphatic heterocycles. The fourth-order valence-electron chi connectivity index (χ4n) is 6.23. The number of hydrogen-bond acceptors (Lipinski definition) is 1. The Balaban J connectivity index is 1.41. The fourth-order valence-corrected chi connectivity index (χ4v) is 6.23. The first-order valence-electron chi connectivity index (χ1n) is 14.0. The molecule has 0 bridgehead atoms. The molecular weight excluding hydrogens is 496 g/mol. The first kappa shape index (κ1) is 23.4. The van der Waals surface area contributed by atoms with Crippen molar-refractivity contribution in [1.29, 1.82) is 0 Å². The number of benzene rings is 7. The molecule has 0 radical (unpaired) electrons. The topological polar surface area (TPSA) is 17.8 Å². The lowest BCUT2D eigenvalue weighted by Gasteiger charge is -2.18. The molecule has 0 aliphatic carbocycles. The van der Waals surface area contributed by atoms with Crippen molar-refractivity contribution in [1.82, 2.24) is 9.55 Å². The van der Waals surface area contributed by atoms with Gasteiger partial charge in [0, 0.05) is 11.3 Å². The molecule has 0 atom stereocenters. The van der Waals surface area contributed by atoms with E-state index in [0.29, 0.717) is 0 Å². The highest BCUT2D eigenvalue weighted by atomic mass is 15.1. The van der Waals surface area contributed by atoms with Gasteiger partial charge in [-0.1, -0.05) is 127 Å². The molecule has 0 spiro atoms. The fraction of sp³-hybridized carbons (Fsp3) is 0. The minimum atomic E-state index is 0.939. The maximum absolute atomic E-state index is 5.14. The minimum absolute atomic E-state index is 0.939. The number of nitrogens with zero attached hydrogens (tertiary/aromatic N) is 2. The number of para-hydroxylation sites is 3. The predicted molar refractivity (Wildman–Crippen MR) is 172 cm³/mol. The van der Waals surface area contributed by atoms with Crippen LogP contribution in [0, 0.1) is 0 Å². The average Bonchev–Trinajstić information content (AvgIpc) is 3.44. The normalized spacial score (nSPS) is 11.4. The smallest absolute Gasteiger partial charge is 0.145 e. The van der Waals surface area contributed by atoms with Crippen LogP contribution in [0.25, 0.3) is 71.9 Å². The van der Waals surface area contributed by atoms with E-state index in [1.807, 2.05) is 0 Å². The highest BCUT2D eigenvalue weighted by Crippen LogP contribution is 2.44. The average molecular weight is 523 g/mol. The highest BCUT2D eigenvalue weighted by molar-refractivity contribution is 6.21. The SMILES string of the molecule is c1ccc(-c2c3ccccc3c(-c3cccc(-c4nc5ccccc5n4-c4ccccc4)c3)c3ccccc23)cc1. The van der Waals surface area contributed by atoms with Crippen LogP contribution in [0.1, 0.15) is 0 Å². The number of rotatable bonds is 4. The number of fused-ring (bicyclic) bond motifs is 3. The van der Waals surface area contributed by atoms with Crippen LogP contribution in [0.4, 0.5) is 0 Å². The number of hydrogen-bond donors (Lipinski definition) is 0. The summed E-state index contributed by atoms with van der Waals surface area (Å²) >= 11 is 0. The van der Waals surface area contributed by atoms with Crippen molar-refractivity contribution in [2.24, 2.45) is 0 Å². The van der Waals surface area contributed by atoms with Crippen molar-refractivity contribution in [3.8, 4) is 39.3 Å². The van der Waals surface area contributed by atoms with Crippen molar-refractivity contribution in [2.45, 2.75) is 0 Å². The molecule has 0 saturated heterocycles. The van der Waals surface area contributed by atoms with Crippen LogP contribution in [0.5, 0.6) is 0 Å². The second-order valence-corrected chi connectivity index (χ2v) is 10.4. The molecule has 7 aromatic carbocycles. The molecule has 0 fully saturated rings. The van der Waals surface area contributed by atoms with Crippen LogP contribution in [0.2, 0.25) is 0 Å². The largest absolute Gasteiger partial charge is 0.292 e. The van der Waals surface area contributed by atoms with Gasteiger partial charge in [0.1, 0.15) is 5.82 Å². The van der Waals surface area contributed by atoms with Gasteiger partial charge in [-0.3, -0.25) is 4.57 Å². The summed E-state index contributed by atoms with van der Waals surface area (Å²) in [6.07, 6.45) is 0. The second kappa shape index (κ2) is 9.62. The van der Waals surface area contributed by atoms with E-state index in [2.05, 4.69) is 162 Å². The molecule has 0 saturated carbocycles. The van der Waals surface area contributed by atoms with Gasteiger partial charge in [0.25, 0.3) is 0 Å². The maximum atomic E-state index is 5.14. The molecule has 1 aromatic heterocycles. The van der Waals surface area contributed by atoms with E-state index in [9.17, 15) is 0 Å². The van der Waals surface area contributed by atoms with Gasteiger partial charge in [-0.2, -0.15) is 0 Å². The summed E-state index contributed by atoms with van der Waals surface area (Å²) in [6, 6.07) is 56.1. The third-order valence-corrected chi connectivity index (χ3v) is 7.98. The van der Waals surface area contributed by atoms with E-state index >= 15 is 0 Å². The zero-order valence-corrected chi connectivity index (χ0v) is 22.4. The van der Waals surface area contributed by atoms with Gasteiger partial charge >= 0.3 is 0 Å². The summed E-state index contributed by atoms with van der Waals surface area (Å²) in [7, 11) is 0. The lowest BCUT2D eigenvalue weighted by molar-refractivity contribution is 1.10. The quantitative estimate of drug-likeness (QED) is 0.210. The zero-order valence-electron chi connectivity index (χ0n) is 22.4. The Kier molecular flexibility index (Phi) is 5.49. The lowest BCUT2D eigenvalue weighted by Crippen LogP contribution is -1.97. The highest BCUT2D eigenvalue weighted by Gasteiger charge is 2.18. The van der Waals surface area contributed by atoms with Crippen LogP contribution in [0.15, 0.2) is 158 Å². The molecule has 192 valence electrons. The summed E-state index contributed by atoms with van der Waals surface area (Å²) in [4.78, 5) is 5.14. The van der Waals surface area contributed by atoms with Crippen LogP contribution in [-0.4, -0.2) is 9.55 Å². The van der Waals surface area contributed by atoms with Crippen molar-refractivity contribution < 1.29 is 0 Å². The molecule has 0 amide bonds. The Bertz CT molecular complexity index is 2130. The summed E-state index contributed by atoms with van der Waals surface area (Å²) in [6.45, 7) is 0. The Labute approximate surface area is 238 Å². The van der Waals surface area contributed by atoms with E-state index in [1.54, 1.807) is 0 Å². The third-order valence-electron chi connectivity index (χ3n) is 7.98. The summed E-state index contributed by atoms with van der Waals surface area (Å²) < 4.78 is 2.27. The molecule has 2 nitrogen and oxygen atoms in total. The molecule has 0 N–H and O–H groups in total. The minimum Gasteiger partial charge on any atom is -0.292 e. The molecule has 0 aliphatic rings. The van der Waals surface area contributed by atoms with E-state index < -0.39 is 0 Å². The van der Waals surface area contributed by atoms with Gasteiger partial charge in [-0.25, -0.2) is 4.98 Å². The van der Waals surface area contributed by atoms with E-state index in [1.165, 1.54) is 43.8 Å². The van der Waals surface area contributed by atoms with Crippen molar-refractivity contribution in [3.63, 3.8) is 0 Å². The molecule has 8 rings (SSSR count). The first-order chi connectivity index (χ1) is 20.4. The summed E-state index contributed by atoms with van der Waals surface area (Å²) in [5, 5.41) is 5.01. The van der Waals surface area contributed by atoms with Gasteiger partial charge in [-0.05, 0) is 74.1 Å². The Morgan fingerprint density at radius 3 is 1.54 bits per heavy atom. The van der Waals surface area contributed by atoms with Crippen molar-refractivity contribution in [2.75, 3.05) is 0 Å². The summed E-state index contributed by atoms with van der Waals surface area (Å²) in [5.74, 6) is 0.939. The molecular formula is C39H26N2. The Morgan fingerprint density at radius 1 is 0.390 bits per heavy atom. The molecule has 41 heavy (non-hydrogen) atoms. The zero-order chi connectivity index (χ0) is 27.2. The monoisotopic (exact) mass is 522 g/mol. The molecule has 2 heteroatoms. The van der Waals surface area contributed by atoms with Crippen molar-refractivity contribution in [3.05, 3.63) is 158 Å². The Hall–Kier alpha value is -5.47. The molecule has 1 heterocycles. The number of aromatic nitrogens is 2. The molecule has 8 aromatic rings. The van der Waals surface area contributed by atoms with Gasteiger partial charge < -0.3 is 0 Å². The maximum Gasteiger partial charge on any atom is 0.145 e. The van der Waals surface area contributed by atoms with Gasteiger partial charge in [0.15, 0.2) is 0 Å². The van der Waals surface area contributed by atoms with E-state index in [0.717, 1.165) is 28.1 Å². The van der Waals surface area contributed by atoms with Crippen LogP contribution < -0.4 is 0 Å². The van der Waals surface area contributed by atoms with E-state index in [-0.39, 0.29) is 0 Å². The van der Waals surface area contributed by atoms with Crippen LogP contribution >= 0.6 is 0 Å². The molecule has 0 unspecified atom stereocenters.